The Balaban J connectivity index is 1.64. The normalized spacial score (nSPS) is 10.5. The SMILES string of the molecule is CCc1ccc(-c2cc(COC(=O)c3cccnc3)on2)cc1. The molecule has 0 bridgehead atoms. The Bertz CT molecular complexity index is 780. The van der Waals surface area contributed by atoms with Crippen LogP contribution in [0, 0.1) is 0 Å². The predicted octanol–water partition coefficient (Wildman–Crippen LogP) is 3.66. The van der Waals surface area contributed by atoms with Crippen molar-refractivity contribution in [1.82, 2.24) is 10.1 Å². The molecular weight excluding hydrogens is 292 g/mol. The molecule has 5 heteroatoms. The fraction of sp³-hybridized carbons (Fsp3) is 0.167. The van der Waals surface area contributed by atoms with E-state index in [1.54, 1.807) is 24.4 Å². The molecule has 3 aromatic rings. The van der Waals surface area contributed by atoms with Gasteiger partial charge in [-0.3, -0.25) is 4.98 Å². The van der Waals surface area contributed by atoms with Crippen molar-refractivity contribution in [3.8, 4) is 11.3 Å². The molecule has 0 amide bonds. The number of hydrogen-bond acceptors (Lipinski definition) is 5. The number of hydrogen-bond donors (Lipinski definition) is 0. The monoisotopic (exact) mass is 308 g/mol. The number of aryl methyl sites for hydroxylation is 1. The van der Waals surface area contributed by atoms with E-state index in [0.29, 0.717) is 11.3 Å². The maximum Gasteiger partial charge on any atom is 0.340 e. The largest absolute Gasteiger partial charge is 0.454 e. The highest BCUT2D eigenvalue weighted by Crippen LogP contribution is 2.20. The van der Waals surface area contributed by atoms with Crippen molar-refractivity contribution in [3.63, 3.8) is 0 Å². The summed E-state index contributed by atoms with van der Waals surface area (Å²) >= 11 is 0. The van der Waals surface area contributed by atoms with Gasteiger partial charge in [0, 0.05) is 24.0 Å². The summed E-state index contributed by atoms with van der Waals surface area (Å²) in [6.45, 7) is 2.15. The third-order valence-corrected chi connectivity index (χ3v) is 3.46. The summed E-state index contributed by atoms with van der Waals surface area (Å²) in [7, 11) is 0. The molecule has 3 rings (SSSR count). The molecule has 116 valence electrons. The van der Waals surface area contributed by atoms with Gasteiger partial charge in [-0.2, -0.15) is 0 Å². The van der Waals surface area contributed by atoms with Gasteiger partial charge < -0.3 is 9.26 Å². The van der Waals surface area contributed by atoms with E-state index in [0.717, 1.165) is 17.7 Å². The van der Waals surface area contributed by atoms with Crippen LogP contribution in [0.1, 0.15) is 28.6 Å². The fourth-order valence-corrected chi connectivity index (χ4v) is 2.13. The molecule has 0 aliphatic rings. The van der Waals surface area contributed by atoms with Crippen molar-refractivity contribution < 1.29 is 14.1 Å². The lowest BCUT2D eigenvalue weighted by molar-refractivity contribution is 0.0437. The lowest BCUT2D eigenvalue weighted by Gasteiger charge is -2.01. The second kappa shape index (κ2) is 6.87. The molecule has 0 radical (unpaired) electrons. The van der Waals surface area contributed by atoms with Crippen LogP contribution in [0.15, 0.2) is 59.4 Å². The Morgan fingerprint density at radius 1 is 1.22 bits per heavy atom. The van der Waals surface area contributed by atoms with Gasteiger partial charge in [-0.15, -0.1) is 0 Å². The first-order chi connectivity index (χ1) is 11.3. The Labute approximate surface area is 133 Å². The van der Waals surface area contributed by atoms with Crippen LogP contribution in [0.3, 0.4) is 0 Å². The zero-order valence-electron chi connectivity index (χ0n) is 12.7. The lowest BCUT2D eigenvalue weighted by Crippen LogP contribution is -2.04. The molecule has 1 aromatic carbocycles. The first-order valence-electron chi connectivity index (χ1n) is 7.38. The molecule has 0 aliphatic carbocycles. The Hall–Kier alpha value is -2.95. The van der Waals surface area contributed by atoms with Crippen molar-refractivity contribution in [3.05, 3.63) is 71.7 Å². The molecule has 5 nitrogen and oxygen atoms in total. The first kappa shape index (κ1) is 15.0. The Kier molecular flexibility index (Phi) is 4.47. The van der Waals surface area contributed by atoms with E-state index in [4.69, 9.17) is 9.26 Å². The first-order valence-corrected chi connectivity index (χ1v) is 7.38. The van der Waals surface area contributed by atoms with Gasteiger partial charge in [-0.05, 0) is 24.1 Å². The van der Waals surface area contributed by atoms with E-state index in [2.05, 4.69) is 29.2 Å². The van der Waals surface area contributed by atoms with Gasteiger partial charge in [0.1, 0.15) is 5.69 Å². The van der Waals surface area contributed by atoms with E-state index >= 15 is 0 Å². The van der Waals surface area contributed by atoms with Crippen LogP contribution in [0.5, 0.6) is 0 Å². The molecule has 2 aromatic heterocycles. The summed E-state index contributed by atoms with van der Waals surface area (Å²) in [6.07, 6.45) is 4.06. The van der Waals surface area contributed by atoms with Crippen LogP contribution in [0.25, 0.3) is 11.3 Å². The van der Waals surface area contributed by atoms with Crippen LogP contribution in [0.4, 0.5) is 0 Å². The van der Waals surface area contributed by atoms with Crippen LogP contribution in [0.2, 0.25) is 0 Å². The Morgan fingerprint density at radius 3 is 2.74 bits per heavy atom. The maximum absolute atomic E-state index is 11.8. The van der Waals surface area contributed by atoms with E-state index in [1.807, 2.05) is 12.1 Å². The topological polar surface area (TPSA) is 65.2 Å². The van der Waals surface area contributed by atoms with E-state index < -0.39 is 5.97 Å². The lowest BCUT2D eigenvalue weighted by atomic mass is 10.1. The van der Waals surface area contributed by atoms with Crippen LogP contribution < -0.4 is 0 Å². The quantitative estimate of drug-likeness (QED) is 0.673. The minimum absolute atomic E-state index is 0.0355. The zero-order chi connectivity index (χ0) is 16.1. The summed E-state index contributed by atoms with van der Waals surface area (Å²) < 4.78 is 10.4. The van der Waals surface area contributed by atoms with Crippen LogP contribution in [-0.2, 0) is 17.8 Å². The molecule has 0 N–H and O–H groups in total. The number of ether oxygens (including phenoxy) is 1. The number of pyridine rings is 1. The molecule has 0 atom stereocenters. The molecule has 0 aliphatic heterocycles. The molecule has 0 unspecified atom stereocenters. The van der Waals surface area contributed by atoms with Crippen molar-refractivity contribution >= 4 is 5.97 Å². The van der Waals surface area contributed by atoms with Gasteiger partial charge in [0.15, 0.2) is 12.4 Å². The number of nitrogens with zero attached hydrogens (tertiary/aromatic N) is 2. The highest BCUT2D eigenvalue weighted by Gasteiger charge is 2.11. The van der Waals surface area contributed by atoms with Crippen LogP contribution >= 0.6 is 0 Å². The molecular formula is C18H16N2O3. The van der Waals surface area contributed by atoms with Gasteiger partial charge in [-0.25, -0.2) is 4.79 Å². The fourth-order valence-electron chi connectivity index (χ4n) is 2.13. The smallest absolute Gasteiger partial charge is 0.340 e. The average Bonchev–Trinajstić information content (AvgIpc) is 3.09. The minimum Gasteiger partial charge on any atom is -0.454 e. The molecule has 23 heavy (non-hydrogen) atoms. The van der Waals surface area contributed by atoms with Crippen molar-refractivity contribution in [2.75, 3.05) is 0 Å². The summed E-state index contributed by atoms with van der Waals surface area (Å²) in [6, 6.07) is 13.2. The zero-order valence-corrected chi connectivity index (χ0v) is 12.7. The second-order valence-corrected chi connectivity index (χ2v) is 5.05. The minimum atomic E-state index is -0.441. The number of benzene rings is 1. The standard InChI is InChI=1S/C18H16N2O3/c1-2-13-5-7-14(8-6-13)17-10-16(23-20-17)12-22-18(21)15-4-3-9-19-11-15/h3-11H,2,12H2,1H3. The van der Waals surface area contributed by atoms with E-state index in [9.17, 15) is 4.79 Å². The third kappa shape index (κ3) is 3.63. The maximum atomic E-state index is 11.8. The van der Waals surface area contributed by atoms with E-state index in [1.165, 1.54) is 11.8 Å². The van der Waals surface area contributed by atoms with Crippen LogP contribution in [-0.4, -0.2) is 16.1 Å². The molecule has 2 heterocycles. The number of carbonyl (C=O) groups excluding carboxylic acids is 1. The average molecular weight is 308 g/mol. The van der Waals surface area contributed by atoms with E-state index in [-0.39, 0.29) is 6.61 Å². The molecule has 0 saturated heterocycles. The Morgan fingerprint density at radius 2 is 2.04 bits per heavy atom. The van der Waals surface area contributed by atoms with Gasteiger partial charge >= 0.3 is 5.97 Å². The number of esters is 1. The van der Waals surface area contributed by atoms with Gasteiger partial charge in [0.05, 0.1) is 5.56 Å². The number of carbonyl (C=O) groups is 1. The molecule has 0 saturated carbocycles. The molecule has 0 spiro atoms. The highest BCUT2D eigenvalue weighted by molar-refractivity contribution is 5.88. The third-order valence-electron chi connectivity index (χ3n) is 3.46. The van der Waals surface area contributed by atoms with Gasteiger partial charge in [0.25, 0.3) is 0 Å². The predicted molar refractivity (Wildman–Crippen MR) is 84.7 cm³/mol. The van der Waals surface area contributed by atoms with Crippen molar-refractivity contribution in [2.45, 2.75) is 20.0 Å². The molecule has 0 fully saturated rings. The van der Waals surface area contributed by atoms with Gasteiger partial charge in [0.2, 0.25) is 0 Å². The summed E-state index contributed by atoms with van der Waals surface area (Å²) in [4.78, 5) is 15.7. The van der Waals surface area contributed by atoms with Gasteiger partial charge in [-0.1, -0.05) is 36.3 Å². The van der Waals surface area contributed by atoms with Crippen molar-refractivity contribution in [2.24, 2.45) is 0 Å². The van der Waals surface area contributed by atoms with Crippen molar-refractivity contribution in [1.29, 1.82) is 0 Å². The summed E-state index contributed by atoms with van der Waals surface area (Å²) in [5.74, 6) is 0.0557. The highest BCUT2D eigenvalue weighted by atomic mass is 16.5. The summed E-state index contributed by atoms with van der Waals surface area (Å²) in [5.41, 5.74) is 3.36. The number of aromatic nitrogens is 2. The number of rotatable bonds is 5. The summed E-state index contributed by atoms with van der Waals surface area (Å²) in [5, 5.41) is 4.01. The second-order valence-electron chi connectivity index (χ2n) is 5.05.